The zero-order valence-corrected chi connectivity index (χ0v) is 12.3. The molecule has 0 spiro atoms. The van der Waals surface area contributed by atoms with Crippen LogP contribution in [0, 0.1) is 0 Å². The number of nitrogens with one attached hydrogen (secondary N) is 2. The number of hydrogen-bond acceptors (Lipinski definition) is 3. The van der Waals surface area contributed by atoms with E-state index in [4.69, 9.17) is 4.74 Å². The second kappa shape index (κ2) is 7.29. The molecule has 0 aliphatic heterocycles. The molecular formula is C16H24N2O2. The minimum atomic E-state index is 0.0128. The van der Waals surface area contributed by atoms with Crippen LogP contribution >= 0.6 is 0 Å². The Morgan fingerprint density at radius 2 is 1.95 bits per heavy atom. The summed E-state index contributed by atoms with van der Waals surface area (Å²) >= 11 is 0. The van der Waals surface area contributed by atoms with Crippen molar-refractivity contribution in [3.05, 3.63) is 29.8 Å². The van der Waals surface area contributed by atoms with Crippen LogP contribution in [-0.4, -0.2) is 25.6 Å². The summed E-state index contributed by atoms with van der Waals surface area (Å²) in [5.74, 6) is 0.885. The van der Waals surface area contributed by atoms with Crippen LogP contribution in [0.5, 0.6) is 5.75 Å². The highest BCUT2D eigenvalue weighted by atomic mass is 16.5. The third-order valence-corrected chi connectivity index (χ3v) is 3.90. The van der Waals surface area contributed by atoms with E-state index >= 15 is 0 Å². The first-order chi connectivity index (χ1) is 9.69. The molecule has 1 aliphatic rings. The molecule has 2 rings (SSSR count). The number of methoxy groups -OCH3 is 1. The van der Waals surface area contributed by atoms with Crippen molar-refractivity contribution in [2.24, 2.45) is 0 Å². The average Bonchev–Trinajstić information content (AvgIpc) is 2.98. The molecule has 1 saturated carbocycles. The van der Waals surface area contributed by atoms with Gasteiger partial charge in [-0.05, 0) is 37.5 Å². The Bertz CT molecular complexity index is 425. The van der Waals surface area contributed by atoms with Gasteiger partial charge in [0.15, 0.2) is 0 Å². The SMILES string of the molecule is COc1ccc(C(C)NC(=O)CNC2CCCC2)cc1. The van der Waals surface area contributed by atoms with Gasteiger partial charge in [0.1, 0.15) is 5.75 Å². The van der Waals surface area contributed by atoms with Crippen molar-refractivity contribution >= 4 is 5.91 Å². The van der Waals surface area contributed by atoms with Crippen LogP contribution in [-0.2, 0) is 4.79 Å². The molecule has 20 heavy (non-hydrogen) atoms. The lowest BCUT2D eigenvalue weighted by Crippen LogP contribution is -2.39. The molecular weight excluding hydrogens is 252 g/mol. The Morgan fingerprint density at radius 3 is 2.55 bits per heavy atom. The van der Waals surface area contributed by atoms with Crippen molar-refractivity contribution in [3.63, 3.8) is 0 Å². The van der Waals surface area contributed by atoms with Crippen LogP contribution in [0.25, 0.3) is 0 Å². The second-order valence-electron chi connectivity index (χ2n) is 5.42. The second-order valence-corrected chi connectivity index (χ2v) is 5.42. The fourth-order valence-electron chi connectivity index (χ4n) is 2.64. The molecule has 1 aliphatic carbocycles. The first-order valence-corrected chi connectivity index (χ1v) is 7.35. The largest absolute Gasteiger partial charge is 0.497 e. The zero-order chi connectivity index (χ0) is 14.4. The molecule has 4 nitrogen and oxygen atoms in total. The fourth-order valence-corrected chi connectivity index (χ4v) is 2.64. The molecule has 4 heteroatoms. The van der Waals surface area contributed by atoms with Gasteiger partial charge in [0, 0.05) is 6.04 Å². The smallest absolute Gasteiger partial charge is 0.234 e. The molecule has 110 valence electrons. The molecule has 1 amide bonds. The third kappa shape index (κ3) is 4.23. The number of hydrogen-bond donors (Lipinski definition) is 2. The lowest BCUT2D eigenvalue weighted by Gasteiger charge is -2.16. The normalized spacial score (nSPS) is 16.9. The zero-order valence-electron chi connectivity index (χ0n) is 12.3. The summed E-state index contributed by atoms with van der Waals surface area (Å²) < 4.78 is 5.13. The molecule has 0 saturated heterocycles. The Balaban J connectivity index is 1.77. The van der Waals surface area contributed by atoms with E-state index in [1.807, 2.05) is 31.2 Å². The van der Waals surface area contributed by atoms with Crippen LogP contribution in [0.3, 0.4) is 0 Å². The summed E-state index contributed by atoms with van der Waals surface area (Å²) in [5, 5.41) is 6.34. The van der Waals surface area contributed by atoms with E-state index < -0.39 is 0 Å². The van der Waals surface area contributed by atoms with Crippen molar-refractivity contribution in [2.75, 3.05) is 13.7 Å². The first-order valence-electron chi connectivity index (χ1n) is 7.35. The predicted molar refractivity (Wildman–Crippen MR) is 79.8 cm³/mol. The van der Waals surface area contributed by atoms with Crippen molar-refractivity contribution < 1.29 is 9.53 Å². The molecule has 0 radical (unpaired) electrons. The number of ether oxygens (including phenoxy) is 1. The number of carbonyl (C=O) groups excluding carboxylic acids is 1. The third-order valence-electron chi connectivity index (χ3n) is 3.90. The van der Waals surface area contributed by atoms with Gasteiger partial charge in [-0.3, -0.25) is 4.79 Å². The Morgan fingerprint density at radius 1 is 1.30 bits per heavy atom. The standard InChI is InChI=1S/C16H24N2O2/c1-12(13-7-9-15(20-2)10-8-13)18-16(19)11-17-14-5-3-4-6-14/h7-10,12,14,17H,3-6,11H2,1-2H3,(H,18,19). The van der Waals surface area contributed by atoms with Gasteiger partial charge in [0.05, 0.1) is 19.7 Å². The molecule has 1 aromatic carbocycles. The Labute approximate surface area is 120 Å². The summed E-state index contributed by atoms with van der Waals surface area (Å²) in [6.45, 7) is 2.40. The van der Waals surface area contributed by atoms with Crippen molar-refractivity contribution in [3.8, 4) is 5.75 Å². The Hall–Kier alpha value is -1.55. The van der Waals surface area contributed by atoms with Gasteiger partial charge < -0.3 is 15.4 Å². The maximum absolute atomic E-state index is 11.9. The van der Waals surface area contributed by atoms with Gasteiger partial charge in [-0.15, -0.1) is 0 Å². The average molecular weight is 276 g/mol. The van der Waals surface area contributed by atoms with E-state index in [-0.39, 0.29) is 11.9 Å². The summed E-state index contributed by atoms with van der Waals surface area (Å²) in [5.41, 5.74) is 1.08. The number of benzene rings is 1. The highest BCUT2D eigenvalue weighted by molar-refractivity contribution is 5.78. The summed E-state index contributed by atoms with van der Waals surface area (Å²) in [7, 11) is 1.65. The monoisotopic (exact) mass is 276 g/mol. The molecule has 1 aromatic rings. The molecule has 0 heterocycles. The highest BCUT2D eigenvalue weighted by Crippen LogP contribution is 2.18. The lowest BCUT2D eigenvalue weighted by molar-refractivity contribution is -0.121. The van der Waals surface area contributed by atoms with E-state index in [9.17, 15) is 4.79 Å². The van der Waals surface area contributed by atoms with Gasteiger partial charge in [-0.25, -0.2) is 0 Å². The molecule has 1 atom stereocenters. The summed E-state index contributed by atoms with van der Waals surface area (Å²) in [6, 6.07) is 8.32. The van der Waals surface area contributed by atoms with Gasteiger partial charge >= 0.3 is 0 Å². The van der Waals surface area contributed by atoms with Crippen molar-refractivity contribution in [1.29, 1.82) is 0 Å². The molecule has 1 unspecified atom stereocenters. The summed E-state index contributed by atoms with van der Waals surface area (Å²) in [6.07, 6.45) is 4.95. The van der Waals surface area contributed by atoms with E-state index in [2.05, 4.69) is 10.6 Å². The van der Waals surface area contributed by atoms with Crippen LogP contribution in [0.2, 0.25) is 0 Å². The molecule has 2 N–H and O–H groups in total. The fraction of sp³-hybridized carbons (Fsp3) is 0.562. The van der Waals surface area contributed by atoms with Crippen LogP contribution < -0.4 is 15.4 Å². The van der Waals surface area contributed by atoms with Gasteiger partial charge in [0.25, 0.3) is 0 Å². The lowest BCUT2D eigenvalue weighted by atomic mass is 10.1. The van der Waals surface area contributed by atoms with Crippen LogP contribution in [0.4, 0.5) is 0 Å². The Kier molecular flexibility index (Phi) is 5.41. The molecule has 1 fully saturated rings. The topological polar surface area (TPSA) is 50.4 Å². The summed E-state index contributed by atoms with van der Waals surface area (Å²) in [4.78, 5) is 11.9. The van der Waals surface area contributed by atoms with Crippen molar-refractivity contribution in [1.82, 2.24) is 10.6 Å². The first kappa shape index (κ1) is 14.9. The number of rotatable bonds is 6. The van der Waals surface area contributed by atoms with Gasteiger partial charge in [-0.2, -0.15) is 0 Å². The predicted octanol–water partition coefficient (Wildman–Crippen LogP) is 2.40. The number of carbonyl (C=O) groups is 1. The highest BCUT2D eigenvalue weighted by Gasteiger charge is 2.16. The van der Waals surface area contributed by atoms with Crippen LogP contribution in [0.1, 0.15) is 44.2 Å². The van der Waals surface area contributed by atoms with E-state index in [1.54, 1.807) is 7.11 Å². The molecule has 0 bridgehead atoms. The van der Waals surface area contributed by atoms with Gasteiger partial charge in [-0.1, -0.05) is 25.0 Å². The molecule has 0 aromatic heterocycles. The van der Waals surface area contributed by atoms with Gasteiger partial charge in [0.2, 0.25) is 5.91 Å². The van der Waals surface area contributed by atoms with E-state index in [1.165, 1.54) is 25.7 Å². The maximum atomic E-state index is 11.9. The van der Waals surface area contributed by atoms with E-state index in [0.717, 1.165) is 11.3 Å². The van der Waals surface area contributed by atoms with E-state index in [0.29, 0.717) is 12.6 Å². The maximum Gasteiger partial charge on any atom is 0.234 e. The van der Waals surface area contributed by atoms with Crippen molar-refractivity contribution in [2.45, 2.75) is 44.7 Å². The number of amides is 1. The quantitative estimate of drug-likeness (QED) is 0.839. The minimum Gasteiger partial charge on any atom is -0.497 e. The van der Waals surface area contributed by atoms with Crippen LogP contribution in [0.15, 0.2) is 24.3 Å². The minimum absolute atomic E-state index is 0.0128.